The number of hydrogen-bond acceptors (Lipinski definition) is 7. The molecule has 0 bridgehead atoms. The zero-order chi connectivity index (χ0) is 25.1. The summed E-state index contributed by atoms with van der Waals surface area (Å²) >= 11 is 0. The Morgan fingerprint density at radius 2 is 2.11 bits per heavy atom. The molecule has 1 aliphatic carbocycles. The Morgan fingerprint density at radius 1 is 1.34 bits per heavy atom. The van der Waals surface area contributed by atoms with E-state index in [1.54, 1.807) is 28.9 Å². The molecule has 2 aromatic rings. The number of nitrogens with one attached hydrogen (secondary N) is 2. The smallest absolute Gasteiger partial charge is 0.273 e. The summed E-state index contributed by atoms with van der Waals surface area (Å²) in [6.07, 6.45) is 4.20. The first kappa shape index (κ1) is 23.7. The highest BCUT2D eigenvalue weighted by Crippen LogP contribution is 2.34. The summed E-state index contributed by atoms with van der Waals surface area (Å²) in [6.45, 7) is 2.26. The van der Waals surface area contributed by atoms with E-state index >= 15 is 0 Å². The molecule has 180 valence electrons. The van der Waals surface area contributed by atoms with E-state index in [-0.39, 0.29) is 36.0 Å². The summed E-state index contributed by atoms with van der Waals surface area (Å²) < 4.78 is 1.65. The zero-order valence-corrected chi connectivity index (χ0v) is 19.5. The van der Waals surface area contributed by atoms with E-state index in [9.17, 15) is 19.6 Å². The van der Waals surface area contributed by atoms with Crippen molar-refractivity contribution in [3.05, 3.63) is 47.3 Å². The number of amides is 3. The average Bonchev–Trinajstić information content (AvgIpc) is 3.61. The van der Waals surface area contributed by atoms with E-state index in [4.69, 9.17) is 5.73 Å². The van der Waals surface area contributed by atoms with E-state index in [1.807, 2.05) is 6.92 Å². The van der Waals surface area contributed by atoms with Crippen molar-refractivity contribution in [1.29, 1.82) is 5.26 Å². The predicted octanol–water partition coefficient (Wildman–Crippen LogP) is 1.40. The summed E-state index contributed by atoms with van der Waals surface area (Å²) in [7, 11) is 1.53. The molecule has 3 amide bonds. The summed E-state index contributed by atoms with van der Waals surface area (Å²) in [4.78, 5) is 43.2. The number of nitrogens with zero attached hydrogens (tertiary/aromatic N) is 5. The van der Waals surface area contributed by atoms with Crippen molar-refractivity contribution in [2.24, 2.45) is 16.6 Å². The van der Waals surface area contributed by atoms with Crippen LogP contribution >= 0.6 is 0 Å². The highest BCUT2D eigenvalue weighted by molar-refractivity contribution is 6.12. The standard InChI is InChI=1S/C24H26N8O3/c1-14-12-31(13-28-22(33)17(10-26)11-27-2)24(35)21-8-20(30-32(14)21)18-6-3-15(9-25)7-19(18)29-23(34)16-4-5-16/h3,6-8,10-11,14,16H,4-5,12-13,26H2,1-2H3,(H,28,33)(H,29,34)/t14-/m0/s1. The van der Waals surface area contributed by atoms with Gasteiger partial charge in [-0.2, -0.15) is 10.4 Å². The molecule has 11 heteroatoms. The monoisotopic (exact) mass is 474 g/mol. The van der Waals surface area contributed by atoms with Gasteiger partial charge in [0.15, 0.2) is 0 Å². The third kappa shape index (κ3) is 4.91. The zero-order valence-electron chi connectivity index (χ0n) is 19.5. The molecule has 2 aliphatic rings. The van der Waals surface area contributed by atoms with Gasteiger partial charge >= 0.3 is 0 Å². The Bertz CT molecular complexity index is 1280. The van der Waals surface area contributed by atoms with Crippen LogP contribution in [0.15, 0.2) is 41.0 Å². The van der Waals surface area contributed by atoms with Crippen LogP contribution in [0.1, 0.15) is 41.9 Å². The van der Waals surface area contributed by atoms with Crippen molar-refractivity contribution in [3.8, 4) is 17.3 Å². The molecule has 0 unspecified atom stereocenters. The third-order valence-electron chi connectivity index (χ3n) is 5.92. The minimum atomic E-state index is -0.438. The molecule has 1 aliphatic heterocycles. The topological polar surface area (TPSA) is 158 Å². The molecule has 1 fully saturated rings. The van der Waals surface area contributed by atoms with Gasteiger partial charge in [0.05, 0.1) is 41.3 Å². The fourth-order valence-electron chi connectivity index (χ4n) is 3.91. The Labute approximate surface area is 202 Å². The summed E-state index contributed by atoms with van der Waals surface area (Å²) in [5.41, 5.74) is 8.05. The number of fused-ring (bicyclic) bond motifs is 1. The third-order valence-corrected chi connectivity index (χ3v) is 5.92. The van der Waals surface area contributed by atoms with Crippen LogP contribution in [-0.4, -0.2) is 58.9 Å². The highest BCUT2D eigenvalue weighted by atomic mass is 16.2. The van der Waals surface area contributed by atoms with Crippen molar-refractivity contribution in [2.75, 3.05) is 25.6 Å². The van der Waals surface area contributed by atoms with Gasteiger partial charge in [-0.3, -0.25) is 24.1 Å². The first-order valence-corrected chi connectivity index (χ1v) is 11.2. The molecule has 1 aromatic heterocycles. The van der Waals surface area contributed by atoms with Crippen LogP contribution in [0.25, 0.3) is 11.3 Å². The van der Waals surface area contributed by atoms with Crippen molar-refractivity contribution in [2.45, 2.75) is 25.8 Å². The largest absolute Gasteiger partial charge is 0.404 e. The number of aromatic nitrogens is 2. The maximum Gasteiger partial charge on any atom is 0.273 e. The molecule has 11 nitrogen and oxygen atoms in total. The summed E-state index contributed by atoms with van der Waals surface area (Å²) in [5.74, 6) is -0.822. The molecular formula is C24H26N8O3. The average molecular weight is 475 g/mol. The van der Waals surface area contributed by atoms with E-state index in [0.717, 1.165) is 19.0 Å². The quantitative estimate of drug-likeness (QED) is 0.406. The maximum absolute atomic E-state index is 13.2. The molecule has 0 radical (unpaired) electrons. The summed E-state index contributed by atoms with van der Waals surface area (Å²) in [5, 5.41) is 19.5. The van der Waals surface area contributed by atoms with Gasteiger partial charge in [0.1, 0.15) is 5.69 Å². The van der Waals surface area contributed by atoms with Crippen LogP contribution in [0.5, 0.6) is 0 Å². The van der Waals surface area contributed by atoms with Crippen LogP contribution < -0.4 is 16.4 Å². The fraction of sp³-hybridized carbons (Fsp3) is 0.333. The Morgan fingerprint density at radius 3 is 2.77 bits per heavy atom. The number of carbonyl (C=O) groups is 3. The number of hydrogen-bond donors (Lipinski definition) is 3. The fourth-order valence-corrected chi connectivity index (χ4v) is 3.91. The first-order chi connectivity index (χ1) is 16.9. The number of anilines is 1. The number of benzene rings is 1. The van der Waals surface area contributed by atoms with Gasteiger partial charge in [-0.15, -0.1) is 0 Å². The van der Waals surface area contributed by atoms with Crippen LogP contribution in [0.3, 0.4) is 0 Å². The van der Waals surface area contributed by atoms with E-state index < -0.39 is 5.91 Å². The lowest BCUT2D eigenvalue weighted by atomic mass is 10.1. The van der Waals surface area contributed by atoms with Gasteiger partial charge in [0.25, 0.3) is 11.8 Å². The van der Waals surface area contributed by atoms with Gasteiger partial charge in [-0.1, -0.05) is 0 Å². The molecule has 4 N–H and O–H groups in total. The molecule has 0 saturated heterocycles. The van der Waals surface area contributed by atoms with Gasteiger partial charge in [-0.05, 0) is 44.0 Å². The first-order valence-electron chi connectivity index (χ1n) is 11.2. The molecule has 1 aromatic carbocycles. The minimum absolute atomic E-state index is 0.00300. The van der Waals surface area contributed by atoms with E-state index in [1.165, 1.54) is 18.2 Å². The number of rotatable bonds is 7. The van der Waals surface area contributed by atoms with E-state index in [0.29, 0.717) is 34.7 Å². The minimum Gasteiger partial charge on any atom is -0.404 e. The molecule has 1 saturated carbocycles. The molecule has 1 atom stereocenters. The highest BCUT2D eigenvalue weighted by Gasteiger charge is 2.33. The summed E-state index contributed by atoms with van der Waals surface area (Å²) in [6, 6.07) is 8.58. The Balaban J connectivity index is 1.58. The SMILES string of the molecule is CN=CC(=CN)C(=O)NCN1C[C@H](C)n2nc(-c3ccc(C#N)cc3NC(=O)C3CC3)cc2C1=O. The van der Waals surface area contributed by atoms with E-state index in [2.05, 4.69) is 26.8 Å². The number of aliphatic imine (C=N–C) groups is 1. The van der Waals surface area contributed by atoms with Crippen molar-refractivity contribution < 1.29 is 14.4 Å². The molecule has 0 spiro atoms. The molecule has 4 rings (SSSR count). The van der Waals surface area contributed by atoms with Crippen LogP contribution in [-0.2, 0) is 9.59 Å². The lowest BCUT2D eigenvalue weighted by Gasteiger charge is -2.31. The van der Waals surface area contributed by atoms with Crippen LogP contribution in [0.4, 0.5) is 5.69 Å². The molecule has 35 heavy (non-hydrogen) atoms. The second-order valence-electron chi connectivity index (χ2n) is 8.54. The van der Waals surface area contributed by atoms with Crippen molar-refractivity contribution in [3.63, 3.8) is 0 Å². The van der Waals surface area contributed by atoms with Crippen LogP contribution in [0, 0.1) is 17.2 Å². The van der Waals surface area contributed by atoms with Crippen molar-refractivity contribution in [1.82, 2.24) is 20.0 Å². The van der Waals surface area contributed by atoms with Gasteiger partial charge in [-0.25, -0.2) is 0 Å². The van der Waals surface area contributed by atoms with Crippen LogP contribution in [0.2, 0.25) is 0 Å². The Kier molecular flexibility index (Phi) is 6.64. The van der Waals surface area contributed by atoms with Crippen molar-refractivity contribution >= 4 is 29.6 Å². The Hall–Kier alpha value is -4.46. The maximum atomic E-state index is 13.2. The number of nitriles is 1. The molecule has 2 heterocycles. The van der Waals surface area contributed by atoms with Gasteiger partial charge < -0.3 is 21.3 Å². The lowest BCUT2D eigenvalue weighted by molar-refractivity contribution is -0.118. The second-order valence-corrected chi connectivity index (χ2v) is 8.54. The number of nitrogens with two attached hydrogens (primary N) is 1. The van der Waals surface area contributed by atoms with Gasteiger partial charge in [0.2, 0.25) is 5.91 Å². The normalized spacial score (nSPS) is 17.7. The predicted molar refractivity (Wildman–Crippen MR) is 129 cm³/mol. The molecular weight excluding hydrogens is 448 g/mol. The van der Waals surface area contributed by atoms with Gasteiger partial charge in [0, 0.05) is 37.5 Å². The second kappa shape index (κ2) is 9.80. The number of carbonyl (C=O) groups excluding carboxylic acids is 3. The lowest BCUT2D eigenvalue weighted by Crippen LogP contribution is -2.48.